The van der Waals surface area contributed by atoms with Crippen molar-refractivity contribution in [3.8, 4) is 0 Å². The molecule has 0 aromatic heterocycles. The molecule has 0 spiro atoms. The Morgan fingerprint density at radius 1 is 1.07 bits per heavy atom. The Hall–Kier alpha value is 0.587. The van der Waals surface area contributed by atoms with Crippen LogP contribution in [0.4, 0.5) is 13.2 Å². The molecule has 0 aliphatic carbocycles. The fourth-order valence-electron chi connectivity index (χ4n) is 1.26. The summed E-state index contributed by atoms with van der Waals surface area (Å²) >= 11 is 11.4. The van der Waals surface area contributed by atoms with Crippen molar-refractivity contribution in [2.45, 2.75) is 50.6 Å². The Balaban J connectivity index is 3.65. The molecule has 0 aromatic carbocycles. The maximum absolute atomic E-state index is 13.2. The molecule has 0 heterocycles. The van der Waals surface area contributed by atoms with Crippen LogP contribution in [0.25, 0.3) is 0 Å². The zero-order valence-corrected chi connectivity index (χ0v) is 11.3. The fourth-order valence-corrected chi connectivity index (χ4v) is 3.09. The quantitative estimate of drug-likeness (QED) is 0.342. The Labute approximate surface area is 99.6 Å². The van der Waals surface area contributed by atoms with E-state index in [9.17, 15) is 13.2 Å². The van der Waals surface area contributed by atoms with Crippen LogP contribution in [0.5, 0.6) is 0 Å². The first kappa shape index (κ1) is 15.6. The van der Waals surface area contributed by atoms with Crippen LogP contribution in [0.15, 0.2) is 0 Å². The summed E-state index contributed by atoms with van der Waals surface area (Å²) in [6, 6.07) is -0.0829. The van der Waals surface area contributed by atoms with Gasteiger partial charge in [0, 0.05) is 6.04 Å². The van der Waals surface area contributed by atoms with Gasteiger partial charge in [-0.2, -0.15) is 0 Å². The van der Waals surface area contributed by atoms with Gasteiger partial charge >= 0.3 is 0 Å². The second kappa shape index (κ2) is 7.79. The first-order valence-electron chi connectivity index (χ1n) is 5.09. The first-order valence-corrected chi connectivity index (χ1v) is 9.82. The summed E-state index contributed by atoms with van der Waals surface area (Å²) in [7, 11) is 0. The number of unbranched alkanes of at least 4 members (excludes halogenated alkanes) is 2. The van der Waals surface area contributed by atoms with Gasteiger partial charge in [-0.15, -0.1) is 22.2 Å². The van der Waals surface area contributed by atoms with Gasteiger partial charge in [-0.1, -0.05) is 12.8 Å². The minimum atomic E-state index is -2.57. The van der Waals surface area contributed by atoms with E-state index in [0.29, 0.717) is 19.3 Å². The average Bonchev–Trinajstić information content (AvgIpc) is 2.09. The number of alkyl halides is 3. The molecule has 0 N–H and O–H groups in total. The predicted molar refractivity (Wildman–Crippen MR) is 62.4 cm³/mol. The molecule has 0 aromatic rings. The predicted octanol–water partition coefficient (Wildman–Crippen LogP) is 4.74. The van der Waals surface area contributed by atoms with Crippen LogP contribution in [0.3, 0.4) is 0 Å². The zero-order valence-electron chi connectivity index (χ0n) is 8.79. The maximum Gasteiger partial charge on any atom is 0.251 e. The van der Waals surface area contributed by atoms with Crippen molar-refractivity contribution in [1.82, 2.24) is 0 Å². The summed E-state index contributed by atoms with van der Waals surface area (Å²) in [5.74, 6) is 0. The van der Waals surface area contributed by atoms with Crippen LogP contribution in [0.2, 0.25) is 12.6 Å². The van der Waals surface area contributed by atoms with Crippen molar-refractivity contribution in [2.75, 3.05) is 6.67 Å². The summed E-state index contributed by atoms with van der Waals surface area (Å²) < 4.78 is 38.1. The highest BCUT2D eigenvalue weighted by atomic mass is 35.7. The van der Waals surface area contributed by atoms with Crippen molar-refractivity contribution < 1.29 is 13.2 Å². The minimum Gasteiger partial charge on any atom is -0.251 e. The summed E-state index contributed by atoms with van der Waals surface area (Å²) in [5.41, 5.74) is 0. The molecule has 0 aliphatic heterocycles. The van der Waals surface area contributed by atoms with E-state index in [4.69, 9.17) is 22.2 Å². The van der Waals surface area contributed by atoms with Crippen LogP contribution in [0, 0.1) is 0 Å². The van der Waals surface area contributed by atoms with Gasteiger partial charge in [-0.25, -0.2) is 8.78 Å². The number of hydrogen-bond acceptors (Lipinski definition) is 0. The largest absolute Gasteiger partial charge is 0.251 e. The van der Waals surface area contributed by atoms with Gasteiger partial charge < -0.3 is 0 Å². The molecule has 0 saturated heterocycles. The third kappa shape index (κ3) is 9.51. The highest BCUT2D eigenvalue weighted by molar-refractivity contribution is 7.44. The van der Waals surface area contributed by atoms with E-state index in [0.717, 1.165) is 0 Å². The summed E-state index contributed by atoms with van der Waals surface area (Å²) in [6.07, 6.45) is -1.45. The molecule has 0 saturated carbocycles. The second-order valence-electron chi connectivity index (χ2n) is 3.84. The summed E-state index contributed by atoms with van der Waals surface area (Å²) in [6.45, 7) is -1.40. The lowest BCUT2D eigenvalue weighted by molar-refractivity contribution is 0.168. The normalized spacial score (nSPS) is 16.4. The van der Waals surface area contributed by atoms with Gasteiger partial charge in [0.15, 0.2) is 0 Å². The van der Waals surface area contributed by atoms with Crippen molar-refractivity contribution in [3.05, 3.63) is 0 Å². The van der Waals surface area contributed by atoms with E-state index < -0.39 is 25.7 Å². The van der Waals surface area contributed by atoms with E-state index >= 15 is 0 Å². The van der Waals surface area contributed by atoms with E-state index in [1.165, 1.54) is 0 Å². The molecule has 0 fully saturated rings. The Bertz CT molecular complexity index is 164. The number of rotatable bonds is 8. The maximum atomic E-state index is 13.2. The van der Waals surface area contributed by atoms with Gasteiger partial charge in [0.1, 0.15) is 12.3 Å². The third-order valence-corrected chi connectivity index (χ3v) is 4.09. The second-order valence-corrected chi connectivity index (χ2v) is 12.0. The van der Waals surface area contributed by atoms with Gasteiger partial charge in [-0.05, 0) is 19.4 Å². The number of hydrogen-bond donors (Lipinski definition) is 0. The van der Waals surface area contributed by atoms with Crippen molar-refractivity contribution in [3.63, 3.8) is 0 Å². The van der Waals surface area contributed by atoms with E-state index in [1.807, 2.05) is 0 Å². The standard InChI is InChI=1S/C9H17Cl2F3Si/c1-15(10,11)7-9(14)8(13)5-3-2-4-6-12/h8-9H,2-7H2,1H3. The molecule has 0 aliphatic rings. The van der Waals surface area contributed by atoms with Gasteiger partial charge in [-0.3, -0.25) is 4.39 Å². The molecule has 0 nitrogen and oxygen atoms in total. The molecule has 0 bridgehead atoms. The van der Waals surface area contributed by atoms with Crippen LogP contribution in [-0.4, -0.2) is 25.7 Å². The SMILES string of the molecule is C[Si](Cl)(Cl)CC(F)C(F)CCCCCF. The monoisotopic (exact) mass is 280 g/mol. The average molecular weight is 281 g/mol. The van der Waals surface area contributed by atoms with Crippen LogP contribution >= 0.6 is 22.2 Å². The fraction of sp³-hybridized carbons (Fsp3) is 1.00. The topological polar surface area (TPSA) is 0 Å². The van der Waals surface area contributed by atoms with E-state index in [2.05, 4.69) is 0 Å². The van der Waals surface area contributed by atoms with Crippen LogP contribution in [-0.2, 0) is 0 Å². The Kier molecular flexibility index (Phi) is 8.10. The lowest BCUT2D eigenvalue weighted by Crippen LogP contribution is -2.26. The number of halogens is 5. The smallest absolute Gasteiger partial charge is 0.251 e. The van der Waals surface area contributed by atoms with Crippen molar-refractivity contribution >= 4 is 28.9 Å². The molecular formula is C9H17Cl2F3Si. The molecule has 6 heteroatoms. The Morgan fingerprint density at radius 2 is 1.67 bits per heavy atom. The highest BCUT2D eigenvalue weighted by Gasteiger charge is 2.31. The summed E-state index contributed by atoms with van der Waals surface area (Å²) in [4.78, 5) is 0. The highest BCUT2D eigenvalue weighted by Crippen LogP contribution is 2.27. The Morgan fingerprint density at radius 3 is 2.13 bits per heavy atom. The third-order valence-electron chi connectivity index (χ3n) is 2.06. The van der Waals surface area contributed by atoms with Crippen LogP contribution < -0.4 is 0 Å². The van der Waals surface area contributed by atoms with E-state index in [1.54, 1.807) is 6.55 Å². The lowest BCUT2D eigenvalue weighted by Gasteiger charge is -2.17. The van der Waals surface area contributed by atoms with Crippen molar-refractivity contribution in [1.29, 1.82) is 0 Å². The van der Waals surface area contributed by atoms with E-state index in [-0.39, 0.29) is 12.5 Å². The lowest BCUT2D eigenvalue weighted by atomic mass is 10.1. The molecule has 0 rings (SSSR count). The molecule has 2 atom stereocenters. The van der Waals surface area contributed by atoms with Crippen LogP contribution in [0.1, 0.15) is 25.7 Å². The molecule has 15 heavy (non-hydrogen) atoms. The molecule has 92 valence electrons. The molecule has 0 radical (unpaired) electrons. The minimum absolute atomic E-state index is 0.0829. The first-order chi connectivity index (χ1) is 6.87. The molecule has 2 unspecified atom stereocenters. The van der Waals surface area contributed by atoms with Gasteiger partial charge in [0.05, 0.1) is 6.67 Å². The molecule has 0 amide bonds. The van der Waals surface area contributed by atoms with Gasteiger partial charge in [0.25, 0.3) is 6.69 Å². The summed E-state index contributed by atoms with van der Waals surface area (Å²) in [5, 5.41) is 0. The van der Waals surface area contributed by atoms with Gasteiger partial charge in [0.2, 0.25) is 0 Å². The molecular weight excluding hydrogens is 264 g/mol. The van der Waals surface area contributed by atoms with Crippen molar-refractivity contribution in [2.24, 2.45) is 0 Å². The zero-order chi connectivity index (χ0) is 11.9.